The molecule has 1 N–H and O–H groups in total. The third kappa shape index (κ3) is 3.26. The molecule has 2 saturated heterocycles. The lowest BCUT2D eigenvalue weighted by Gasteiger charge is -2.32. The highest BCUT2D eigenvalue weighted by Crippen LogP contribution is 2.37. The van der Waals surface area contributed by atoms with Crippen molar-refractivity contribution in [3.8, 4) is 0 Å². The van der Waals surface area contributed by atoms with Crippen LogP contribution in [0.5, 0.6) is 0 Å². The number of amides is 1. The van der Waals surface area contributed by atoms with Crippen molar-refractivity contribution in [3.05, 3.63) is 42.0 Å². The summed E-state index contributed by atoms with van der Waals surface area (Å²) in [6, 6.07) is 11.8. The second-order valence-corrected chi connectivity index (χ2v) is 8.37. The highest BCUT2D eigenvalue weighted by atomic mass is 16.7. The van der Waals surface area contributed by atoms with E-state index in [4.69, 9.17) is 14.0 Å². The Morgan fingerprint density at radius 3 is 2.37 bits per heavy atom. The molecule has 0 saturated carbocycles. The molecule has 6 heteroatoms. The predicted octanol–water partition coefficient (Wildman–Crippen LogP) is 2.66. The van der Waals surface area contributed by atoms with Crippen molar-refractivity contribution in [1.82, 2.24) is 5.32 Å². The fraction of sp³-hybridized carbons (Fsp3) is 0.476. The van der Waals surface area contributed by atoms with Crippen LogP contribution >= 0.6 is 0 Å². The number of carbonyl (C=O) groups is 1. The molecule has 27 heavy (non-hydrogen) atoms. The summed E-state index contributed by atoms with van der Waals surface area (Å²) in [7, 11) is -0.458. The van der Waals surface area contributed by atoms with Crippen LogP contribution in [0.4, 0.5) is 0 Å². The first-order valence-corrected chi connectivity index (χ1v) is 9.54. The predicted molar refractivity (Wildman–Crippen MR) is 106 cm³/mol. The Labute approximate surface area is 160 Å². The Bertz CT molecular complexity index is 858. The largest absolute Gasteiger partial charge is 0.495 e. The molecule has 1 amide bonds. The Kier molecular flexibility index (Phi) is 4.53. The van der Waals surface area contributed by atoms with Crippen LogP contribution in [0, 0.1) is 0 Å². The van der Waals surface area contributed by atoms with E-state index in [0.717, 1.165) is 22.7 Å². The Hall–Kier alpha value is -1.89. The first-order valence-electron chi connectivity index (χ1n) is 9.54. The van der Waals surface area contributed by atoms with E-state index in [0.29, 0.717) is 18.8 Å². The molecule has 0 radical (unpaired) electrons. The van der Waals surface area contributed by atoms with Crippen LogP contribution in [0.15, 0.2) is 36.4 Å². The van der Waals surface area contributed by atoms with Gasteiger partial charge in [-0.15, -0.1) is 0 Å². The molecule has 2 fully saturated rings. The third-order valence-electron chi connectivity index (χ3n) is 5.97. The summed E-state index contributed by atoms with van der Waals surface area (Å²) in [5.74, 6) is -0.0674. The summed E-state index contributed by atoms with van der Waals surface area (Å²) in [6.45, 7) is 9.45. The van der Waals surface area contributed by atoms with Gasteiger partial charge in [0, 0.05) is 12.2 Å². The van der Waals surface area contributed by atoms with Gasteiger partial charge in [0.2, 0.25) is 0 Å². The number of carbonyl (C=O) groups excluding carboxylic acids is 1. The normalized spacial score (nSPS) is 23.7. The minimum absolute atomic E-state index is 0.0674. The third-order valence-corrected chi connectivity index (χ3v) is 5.97. The number of nitrogens with one attached hydrogen (secondary N) is 1. The van der Waals surface area contributed by atoms with Gasteiger partial charge in [0.25, 0.3) is 5.91 Å². The standard InChI is InChI=1S/C21H26BNO4/c1-20(2)21(3,4)27-22(26-20)18-10-6-7-15-16(18)8-5-9-17(15)19(24)23-14-11-12-25-13-14/h5-10,14H,11-13H2,1-4H3,(H,23,24). The molecule has 0 bridgehead atoms. The van der Waals surface area contributed by atoms with Gasteiger partial charge in [-0.05, 0) is 56.4 Å². The highest BCUT2D eigenvalue weighted by molar-refractivity contribution is 6.65. The SMILES string of the molecule is CC1(C)OB(c2cccc3c(C(=O)NC4CCOC4)cccc23)OC1(C)C. The lowest BCUT2D eigenvalue weighted by Crippen LogP contribution is -2.41. The van der Waals surface area contributed by atoms with E-state index in [1.807, 2.05) is 64.1 Å². The van der Waals surface area contributed by atoms with Gasteiger partial charge in [-0.2, -0.15) is 0 Å². The van der Waals surface area contributed by atoms with Crippen molar-refractivity contribution in [3.63, 3.8) is 0 Å². The van der Waals surface area contributed by atoms with Crippen molar-refractivity contribution >= 4 is 29.3 Å². The average Bonchev–Trinajstić information content (AvgIpc) is 3.19. The molecule has 2 aliphatic rings. The van der Waals surface area contributed by atoms with Gasteiger partial charge in [-0.1, -0.05) is 30.3 Å². The molecule has 0 aliphatic carbocycles. The first-order chi connectivity index (χ1) is 12.8. The second-order valence-electron chi connectivity index (χ2n) is 8.37. The number of hydrogen-bond donors (Lipinski definition) is 1. The molecule has 5 nitrogen and oxygen atoms in total. The Balaban J connectivity index is 1.69. The van der Waals surface area contributed by atoms with E-state index >= 15 is 0 Å². The molecule has 2 aliphatic heterocycles. The van der Waals surface area contributed by atoms with Gasteiger partial charge < -0.3 is 19.4 Å². The molecule has 142 valence electrons. The number of fused-ring (bicyclic) bond motifs is 1. The average molecular weight is 367 g/mol. The van der Waals surface area contributed by atoms with Crippen molar-refractivity contribution in [2.75, 3.05) is 13.2 Å². The van der Waals surface area contributed by atoms with E-state index in [1.165, 1.54) is 0 Å². The molecule has 2 aromatic carbocycles. The topological polar surface area (TPSA) is 56.8 Å². The van der Waals surface area contributed by atoms with Crippen LogP contribution in [-0.4, -0.2) is 43.5 Å². The number of benzene rings is 2. The molecule has 2 aromatic rings. The maximum atomic E-state index is 12.8. The van der Waals surface area contributed by atoms with Crippen LogP contribution in [0.25, 0.3) is 10.8 Å². The molecule has 1 atom stereocenters. The van der Waals surface area contributed by atoms with Gasteiger partial charge in [0.15, 0.2) is 0 Å². The number of rotatable bonds is 3. The lowest BCUT2D eigenvalue weighted by molar-refractivity contribution is 0.00578. The second kappa shape index (κ2) is 6.62. The van der Waals surface area contributed by atoms with Crippen molar-refractivity contribution < 1.29 is 18.8 Å². The van der Waals surface area contributed by atoms with Crippen LogP contribution < -0.4 is 10.8 Å². The summed E-state index contributed by atoms with van der Waals surface area (Å²) in [5.41, 5.74) is 0.803. The zero-order chi connectivity index (χ0) is 19.2. The number of ether oxygens (including phenoxy) is 1. The molecular formula is C21H26BNO4. The molecule has 0 aromatic heterocycles. The summed E-state index contributed by atoms with van der Waals surface area (Å²) in [5, 5.41) is 4.96. The first kappa shape index (κ1) is 18.5. The van der Waals surface area contributed by atoms with E-state index in [2.05, 4.69) is 5.32 Å². The van der Waals surface area contributed by atoms with Gasteiger partial charge >= 0.3 is 7.12 Å². The van der Waals surface area contributed by atoms with Gasteiger partial charge in [-0.3, -0.25) is 4.79 Å². The quantitative estimate of drug-likeness (QED) is 0.848. The molecule has 0 spiro atoms. The minimum atomic E-state index is -0.458. The van der Waals surface area contributed by atoms with Gasteiger partial charge in [0.1, 0.15) is 0 Å². The molecule has 4 rings (SSSR count). The highest BCUT2D eigenvalue weighted by Gasteiger charge is 2.52. The van der Waals surface area contributed by atoms with Crippen LogP contribution in [0.1, 0.15) is 44.5 Å². The summed E-state index contributed by atoms with van der Waals surface area (Å²) in [4.78, 5) is 12.8. The zero-order valence-electron chi connectivity index (χ0n) is 16.4. The van der Waals surface area contributed by atoms with E-state index in [-0.39, 0.29) is 11.9 Å². The van der Waals surface area contributed by atoms with Crippen molar-refractivity contribution in [2.45, 2.75) is 51.4 Å². The Morgan fingerprint density at radius 1 is 1.04 bits per heavy atom. The van der Waals surface area contributed by atoms with E-state index < -0.39 is 18.3 Å². The smallest absolute Gasteiger partial charge is 0.399 e. The molecule has 2 heterocycles. The zero-order valence-corrected chi connectivity index (χ0v) is 16.4. The molecular weight excluding hydrogens is 341 g/mol. The van der Waals surface area contributed by atoms with Crippen molar-refractivity contribution in [1.29, 1.82) is 0 Å². The summed E-state index contributed by atoms with van der Waals surface area (Å²) >= 11 is 0. The molecule has 1 unspecified atom stereocenters. The van der Waals surface area contributed by atoms with Gasteiger partial charge in [-0.25, -0.2) is 0 Å². The van der Waals surface area contributed by atoms with Crippen molar-refractivity contribution in [2.24, 2.45) is 0 Å². The minimum Gasteiger partial charge on any atom is -0.399 e. The summed E-state index contributed by atoms with van der Waals surface area (Å²) in [6.07, 6.45) is 0.857. The maximum Gasteiger partial charge on any atom is 0.495 e. The maximum absolute atomic E-state index is 12.8. The van der Waals surface area contributed by atoms with Gasteiger partial charge in [0.05, 0.1) is 23.9 Å². The Morgan fingerprint density at radius 2 is 1.70 bits per heavy atom. The van der Waals surface area contributed by atoms with Crippen LogP contribution in [0.3, 0.4) is 0 Å². The van der Waals surface area contributed by atoms with Crippen LogP contribution in [0.2, 0.25) is 0 Å². The monoisotopic (exact) mass is 367 g/mol. The summed E-state index contributed by atoms with van der Waals surface area (Å²) < 4.78 is 17.8. The number of hydrogen-bond acceptors (Lipinski definition) is 4. The fourth-order valence-corrected chi connectivity index (χ4v) is 3.62. The van der Waals surface area contributed by atoms with E-state index in [9.17, 15) is 4.79 Å². The lowest BCUT2D eigenvalue weighted by atomic mass is 9.75. The fourth-order valence-electron chi connectivity index (χ4n) is 3.62. The van der Waals surface area contributed by atoms with E-state index in [1.54, 1.807) is 0 Å². The van der Waals surface area contributed by atoms with Crippen LogP contribution in [-0.2, 0) is 14.0 Å².